The third-order valence-corrected chi connectivity index (χ3v) is 3.36. The molecule has 0 heterocycles. The molecule has 0 amide bonds. The largest absolute Gasteiger partial charge is 0.0995 e. The lowest BCUT2D eigenvalue weighted by Gasteiger charge is -2.10. The zero-order valence-electron chi connectivity index (χ0n) is 11.1. The number of benzene rings is 1. The van der Waals surface area contributed by atoms with Crippen LogP contribution in [0.25, 0.3) is 0 Å². The Morgan fingerprint density at radius 2 is 1.94 bits per heavy atom. The lowest BCUT2D eigenvalue weighted by molar-refractivity contribution is 0.706. The number of halogens is 1. The molecule has 1 aromatic carbocycles. The predicted molar refractivity (Wildman–Crippen MR) is 77.8 cm³/mol. The van der Waals surface area contributed by atoms with Gasteiger partial charge in [0.1, 0.15) is 0 Å². The van der Waals surface area contributed by atoms with Crippen LogP contribution in [0.4, 0.5) is 0 Å². The van der Waals surface area contributed by atoms with Crippen LogP contribution in [0.5, 0.6) is 0 Å². The lowest BCUT2D eigenvalue weighted by Crippen LogP contribution is -1.95. The Labute approximate surface area is 111 Å². The van der Waals surface area contributed by atoms with Crippen LogP contribution in [-0.2, 0) is 12.8 Å². The molecule has 0 bridgehead atoms. The van der Waals surface area contributed by atoms with E-state index in [0.717, 1.165) is 24.3 Å². The second kappa shape index (κ2) is 7.55. The summed E-state index contributed by atoms with van der Waals surface area (Å²) in [5.74, 6) is 0. The molecule has 0 aliphatic rings. The molecular weight excluding hydrogens is 228 g/mol. The Bertz CT molecular complexity index is 366. The number of hydrogen-bond acceptors (Lipinski definition) is 0. The quantitative estimate of drug-likeness (QED) is 0.438. The van der Waals surface area contributed by atoms with E-state index in [0.29, 0.717) is 0 Å². The van der Waals surface area contributed by atoms with Crippen LogP contribution in [0.2, 0.25) is 5.02 Å². The van der Waals surface area contributed by atoms with Crippen molar-refractivity contribution in [3.63, 3.8) is 0 Å². The van der Waals surface area contributed by atoms with E-state index >= 15 is 0 Å². The molecule has 0 fully saturated rings. The summed E-state index contributed by atoms with van der Waals surface area (Å²) in [7, 11) is 0. The molecule has 0 aliphatic heterocycles. The van der Waals surface area contributed by atoms with Crippen LogP contribution in [0.1, 0.15) is 50.7 Å². The van der Waals surface area contributed by atoms with Crippen LogP contribution in [0.3, 0.4) is 0 Å². The second-order valence-corrected chi connectivity index (χ2v) is 5.09. The third kappa shape index (κ3) is 4.95. The molecule has 0 N–H and O–H groups in total. The second-order valence-electron chi connectivity index (χ2n) is 4.65. The summed E-state index contributed by atoms with van der Waals surface area (Å²) in [6, 6.07) is 6.20. The van der Waals surface area contributed by atoms with Gasteiger partial charge in [-0.3, -0.25) is 0 Å². The first-order valence-corrected chi connectivity index (χ1v) is 6.99. The molecule has 94 valence electrons. The fourth-order valence-electron chi connectivity index (χ4n) is 2.09. The third-order valence-electron chi connectivity index (χ3n) is 3.12. The summed E-state index contributed by atoms with van der Waals surface area (Å²) in [4.78, 5) is 0. The molecule has 0 spiro atoms. The molecule has 0 nitrogen and oxygen atoms in total. The minimum Gasteiger partial charge on any atom is -0.0995 e. The molecule has 17 heavy (non-hydrogen) atoms. The van der Waals surface area contributed by atoms with E-state index in [1.165, 1.54) is 36.0 Å². The molecule has 1 aromatic rings. The van der Waals surface area contributed by atoms with Crippen LogP contribution in [0.15, 0.2) is 30.4 Å². The number of hydrogen-bond donors (Lipinski definition) is 0. The van der Waals surface area contributed by atoms with Crippen LogP contribution in [-0.4, -0.2) is 0 Å². The van der Waals surface area contributed by atoms with Gasteiger partial charge in [0, 0.05) is 5.02 Å². The number of unbranched alkanes of at least 4 members (excludes halogenated alkanes) is 2. The van der Waals surface area contributed by atoms with E-state index in [9.17, 15) is 0 Å². The van der Waals surface area contributed by atoms with Crippen molar-refractivity contribution in [2.75, 3.05) is 0 Å². The highest BCUT2D eigenvalue weighted by molar-refractivity contribution is 6.30. The standard InChI is InChI=1S/C16H23Cl/c1-4-6-7-8-13(3)11-15-12-16(17)10-9-14(15)5-2/h9-10,12H,3-8,11H2,1-2H3. The van der Waals surface area contributed by atoms with Crippen LogP contribution >= 0.6 is 11.6 Å². The van der Waals surface area contributed by atoms with Crippen molar-refractivity contribution in [1.82, 2.24) is 0 Å². The Kier molecular flexibility index (Phi) is 6.36. The number of rotatable bonds is 7. The van der Waals surface area contributed by atoms with Gasteiger partial charge in [-0.25, -0.2) is 0 Å². The van der Waals surface area contributed by atoms with E-state index in [4.69, 9.17) is 11.6 Å². The van der Waals surface area contributed by atoms with E-state index in [2.05, 4.69) is 32.6 Å². The fourth-order valence-corrected chi connectivity index (χ4v) is 2.28. The van der Waals surface area contributed by atoms with Gasteiger partial charge in [-0.15, -0.1) is 0 Å². The lowest BCUT2D eigenvalue weighted by atomic mass is 9.96. The molecule has 0 aromatic heterocycles. The summed E-state index contributed by atoms with van der Waals surface area (Å²) in [6.07, 6.45) is 7.02. The normalized spacial score (nSPS) is 10.5. The molecule has 0 radical (unpaired) electrons. The van der Waals surface area contributed by atoms with Crippen molar-refractivity contribution in [1.29, 1.82) is 0 Å². The molecule has 1 heteroatoms. The summed E-state index contributed by atoms with van der Waals surface area (Å²) >= 11 is 6.05. The highest BCUT2D eigenvalue weighted by Gasteiger charge is 2.04. The average Bonchev–Trinajstić information content (AvgIpc) is 2.29. The minimum absolute atomic E-state index is 0.832. The fraction of sp³-hybridized carbons (Fsp3) is 0.500. The van der Waals surface area contributed by atoms with Crippen molar-refractivity contribution in [2.45, 2.75) is 52.4 Å². The Morgan fingerprint density at radius 3 is 2.59 bits per heavy atom. The molecule has 0 saturated carbocycles. The monoisotopic (exact) mass is 250 g/mol. The maximum atomic E-state index is 6.05. The van der Waals surface area contributed by atoms with Gasteiger partial charge in [0.15, 0.2) is 0 Å². The average molecular weight is 251 g/mol. The topological polar surface area (TPSA) is 0 Å². The van der Waals surface area contributed by atoms with Crippen molar-refractivity contribution in [3.05, 3.63) is 46.5 Å². The van der Waals surface area contributed by atoms with E-state index < -0.39 is 0 Å². The van der Waals surface area contributed by atoms with Crippen molar-refractivity contribution >= 4 is 11.6 Å². The minimum atomic E-state index is 0.832. The highest BCUT2D eigenvalue weighted by Crippen LogP contribution is 2.21. The zero-order valence-corrected chi connectivity index (χ0v) is 11.8. The van der Waals surface area contributed by atoms with E-state index in [-0.39, 0.29) is 0 Å². The van der Waals surface area contributed by atoms with Crippen molar-refractivity contribution in [3.8, 4) is 0 Å². The molecular formula is C16H23Cl. The summed E-state index contributed by atoms with van der Waals surface area (Å²) < 4.78 is 0. The van der Waals surface area contributed by atoms with Gasteiger partial charge in [-0.1, -0.05) is 56.5 Å². The van der Waals surface area contributed by atoms with E-state index in [1.807, 2.05) is 6.07 Å². The number of allylic oxidation sites excluding steroid dienone is 1. The Hall–Kier alpha value is -0.750. The smallest absolute Gasteiger partial charge is 0.0409 e. The first-order valence-electron chi connectivity index (χ1n) is 6.61. The van der Waals surface area contributed by atoms with Gasteiger partial charge in [-0.2, -0.15) is 0 Å². The Morgan fingerprint density at radius 1 is 1.18 bits per heavy atom. The maximum Gasteiger partial charge on any atom is 0.0409 e. The maximum absolute atomic E-state index is 6.05. The predicted octanol–water partition coefficient (Wildman–Crippen LogP) is 5.58. The van der Waals surface area contributed by atoms with Crippen LogP contribution in [0, 0.1) is 0 Å². The molecule has 0 atom stereocenters. The van der Waals surface area contributed by atoms with Crippen LogP contribution < -0.4 is 0 Å². The van der Waals surface area contributed by atoms with Gasteiger partial charge in [0.25, 0.3) is 0 Å². The molecule has 1 rings (SSSR count). The van der Waals surface area contributed by atoms with E-state index in [1.54, 1.807) is 0 Å². The molecule has 0 saturated heterocycles. The molecule has 0 aliphatic carbocycles. The highest BCUT2D eigenvalue weighted by atomic mass is 35.5. The summed E-state index contributed by atoms with van der Waals surface area (Å²) in [6.45, 7) is 8.60. The van der Waals surface area contributed by atoms with Gasteiger partial charge < -0.3 is 0 Å². The zero-order chi connectivity index (χ0) is 12.7. The Balaban J connectivity index is 2.60. The van der Waals surface area contributed by atoms with Crippen molar-refractivity contribution in [2.24, 2.45) is 0 Å². The first-order chi connectivity index (χ1) is 8.17. The SMILES string of the molecule is C=C(CCCCC)Cc1cc(Cl)ccc1CC. The van der Waals surface area contributed by atoms with Gasteiger partial charge in [0.05, 0.1) is 0 Å². The molecule has 0 unspecified atom stereocenters. The van der Waals surface area contributed by atoms with Crippen molar-refractivity contribution < 1.29 is 0 Å². The summed E-state index contributed by atoms with van der Waals surface area (Å²) in [5, 5.41) is 0.832. The van der Waals surface area contributed by atoms with Gasteiger partial charge >= 0.3 is 0 Å². The first kappa shape index (κ1) is 14.3. The summed E-state index contributed by atoms with van der Waals surface area (Å²) in [5.41, 5.74) is 4.07. The van der Waals surface area contributed by atoms with Gasteiger partial charge in [-0.05, 0) is 48.9 Å². The van der Waals surface area contributed by atoms with Gasteiger partial charge in [0.2, 0.25) is 0 Å². The number of aryl methyl sites for hydroxylation is 1.